The number of ether oxygens (including phenoxy) is 2. The van der Waals surface area contributed by atoms with Crippen molar-refractivity contribution in [2.24, 2.45) is 5.92 Å². The third kappa shape index (κ3) is 4.02. The molecule has 7 nitrogen and oxygen atoms in total. The van der Waals surface area contributed by atoms with Crippen molar-refractivity contribution in [2.45, 2.75) is 76.1 Å². The molecule has 1 aliphatic heterocycles. The monoisotopic (exact) mass is 414 g/mol. The van der Waals surface area contributed by atoms with Gasteiger partial charge < -0.3 is 14.8 Å². The molecule has 1 saturated heterocycles. The van der Waals surface area contributed by atoms with E-state index in [1.807, 2.05) is 32.9 Å². The van der Waals surface area contributed by atoms with Crippen LogP contribution >= 0.6 is 0 Å². The number of likely N-dealkylation sites (tertiary alicyclic amines) is 1. The van der Waals surface area contributed by atoms with E-state index < -0.39 is 23.3 Å². The minimum Gasteiger partial charge on any atom is -0.465 e. The number of rotatable bonds is 4. The van der Waals surface area contributed by atoms with E-state index in [1.54, 1.807) is 17.0 Å². The Morgan fingerprint density at radius 3 is 2.33 bits per heavy atom. The van der Waals surface area contributed by atoms with Crippen LogP contribution in [-0.4, -0.2) is 47.7 Å². The standard InChI is InChI=1S/C23H30N2O5/c1-22(2,3)30-21(28)25-17(10-7-15-13-18(15)25)19(26)24-23(11-12-23)16-8-5-14(6-9-16)20(27)29-4/h5-6,8-9,15,17-18H,7,10-13H2,1-4H3,(H,24,26). The van der Waals surface area contributed by atoms with Gasteiger partial charge in [0.25, 0.3) is 0 Å². The summed E-state index contributed by atoms with van der Waals surface area (Å²) in [7, 11) is 1.35. The summed E-state index contributed by atoms with van der Waals surface area (Å²) in [5.74, 6) is -0.0206. The molecule has 7 heteroatoms. The fourth-order valence-electron chi connectivity index (χ4n) is 4.43. The first-order chi connectivity index (χ1) is 14.1. The molecule has 162 valence electrons. The molecule has 4 rings (SSSR count). The van der Waals surface area contributed by atoms with Crippen LogP contribution in [0.4, 0.5) is 4.79 Å². The van der Waals surface area contributed by atoms with Crippen molar-refractivity contribution in [3.8, 4) is 0 Å². The predicted octanol–water partition coefficient (Wildman–Crippen LogP) is 3.37. The lowest BCUT2D eigenvalue weighted by Crippen LogP contribution is -2.55. The number of carbonyl (C=O) groups is 3. The van der Waals surface area contributed by atoms with Gasteiger partial charge in [0.15, 0.2) is 0 Å². The summed E-state index contributed by atoms with van der Waals surface area (Å²) < 4.78 is 10.3. The van der Waals surface area contributed by atoms with E-state index in [1.165, 1.54) is 7.11 Å². The second kappa shape index (κ2) is 7.29. The number of nitrogens with one attached hydrogen (secondary N) is 1. The van der Waals surface area contributed by atoms with Crippen molar-refractivity contribution < 1.29 is 23.9 Å². The lowest BCUT2D eigenvalue weighted by atomic mass is 9.99. The molecule has 3 unspecified atom stereocenters. The average molecular weight is 415 g/mol. The smallest absolute Gasteiger partial charge is 0.411 e. The van der Waals surface area contributed by atoms with Gasteiger partial charge in [0.2, 0.25) is 5.91 Å². The van der Waals surface area contributed by atoms with Crippen LogP contribution in [0.2, 0.25) is 0 Å². The molecule has 1 aromatic rings. The van der Waals surface area contributed by atoms with Gasteiger partial charge in [0.1, 0.15) is 11.6 Å². The normalized spacial score (nSPS) is 26.3. The maximum atomic E-state index is 13.3. The zero-order valence-electron chi connectivity index (χ0n) is 18.1. The fraction of sp³-hybridized carbons (Fsp3) is 0.609. The van der Waals surface area contributed by atoms with E-state index in [4.69, 9.17) is 9.47 Å². The van der Waals surface area contributed by atoms with E-state index in [2.05, 4.69) is 5.32 Å². The van der Waals surface area contributed by atoms with Crippen molar-refractivity contribution in [2.75, 3.05) is 7.11 Å². The minimum atomic E-state index is -0.598. The molecule has 2 saturated carbocycles. The molecule has 2 amide bonds. The quantitative estimate of drug-likeness (QED) is 0.764. The Morgan fingerprint density at radius 2 is 1.77 bits per heavy atom. The Labute approximate surface area is 177 Å². The molecule has 1 N–H and O–H groups in total. The molecule has 3 aliphatic rings. The van der Waals surface area contributed by atoms with Crippen LogP contribution in [0.1, 0.15) is 68.8 Å². The van der Waals surface area contributed by atoms with E-state index in [9.17, 15) is 14.4 Å². The van der Waals surface area contributed by atoms with Crippen molar-refractivity contribution in [1.29, 1.82) is 0 Å². The van der Waals surface area contributed by atoms with Gasteiger partial charge in [-0.3, -0.25) is 9.69 Å². The van der Waals surface area contributed by atoms with Crippen LogP contribution in [0.3, 0.4) is 0 Å². The number of fused-ring (bicyclic) bond motifs is 1. The number of esters is 1. The lowest BCUT2D eigenvalue weighted by Gasteiger charge is -2.36. The topological polar surface area (TPSA) is 84.9 Å². The Bertz CT molecular complexity index is 853. The zero-order chi connectivity index (χ0) is 21.7. The zero-order valence-corrected chi connectivity index (χ0v) is 18.1. The van der Waals surface area contributed by atoms with Crippen molar-refractivity contribution >= 4 is 18.0 Å². The second-order valence-corrected chi connectivity index (χ2v) is 9.68. The van der Waals surface area contributed by atoms with Crippen LogP contribution in [0, 0.1) is 5.92 Å². The van der Waals surface area contributed by atoms with Crippen molar-refractivity contribution in [1.82, 2.24) is 10.2 Å². The first kappa shape index (κ1) is 20.7. The van der Waals surface area contributed by atoms with Gasteiger partial charge in [0, 0.05) is 6.04 Å². The fourth-order valence-corrected chi connectivity index (χ4v) is 4.43. The molecule has 0 aromatic heterocycles. The minimum absolute atomic E-state index is 0.110. The highest BCUT2D eigenvalue weighted by atomic mass is 16.6. The van der Waals surface area contributed by atoms with Crippen molar-refractivity contribution in [3.05, 3.63) is 35.4 Å². The Balaban J connectivity index is 1.48. The molecule has 2 aliphatic carbocycles. The molecule has 1 aromatic carbocycles. The third-order valence-electron chi connectivity index (χ3n) is 6.27. The highest BCUT2D eigenvalue weighted by molar-refractivity contribution is 5.89. The Kier molecular flexibility index (Phi) is 5.03. The van der Waals surface area contributed by atoms with Crippen LogP contribution in [0.15, 0.2) is 24.3 Å². The molecule has 30 heavy (non-hydrogen) atoms. The number of hydrogen-bond acceptors (Lipinski definition) is 5. The molecule has 3 fully saturated rings. The summed E-state index contributed by atoms with van der Waals surface area (Å²) in [6.45, 7) is 5.52. The largest absolute Gasteiger partial charge is 0.465 e. The summed E-state index contributed by atoms with van der Waals surface area (Å²) in [6, 6.07) is 6.77. The first-order valence-corrected chi connectivity index (χ1v) is 10.7. The number of carbonyl (C=O) groups excluding carboxylic acids is 3. The molecule has 1 heterocycles. The lowest BCUT2D eigenvalue weighted by molar-refractivity contribution is -0.129. The van der Waals surface area contributed by atoms with Gasteiger partial charge in [-0.15, -0.1) is 0 Å². The number of nitrogens with zero attached hydrogens (tertiary/aromatic N) is 1. The maximum absolute atomic E-state index is 13.3. The summed E-state index contributed by atoms with van der Waals surface area (Å²) in [4.78, 5) is 39.4. The van der Waals surface area contributed by atoms with E-state index >= 15 is 0 Å². The summed E-state index contributed by atoms with van der Waals surface area (Å²) in [6.07, 6.45) is 3.83. The van der Waals surface area contributed by atoms with E-state index in [0.29, 0.717) is 17.9 Å². The van der Waals surface area contributed by atoms with Gasteiger partial charge in [-0.25, -0.2) is 9.59 Å². The van der Waals surface area contributed by atoms with Gasteiger partial charge in [-0.2, -0.15) is 0 Å². The van der Waals surface area contributed by atoms with Crippen molar-refractivity contribution in [3.63, 3.8) is 0 Å². The van der Waals surface area contributed by atoms with Gasteiger partial charge >= 0.3 is 12.1 Å². The molecule has 0 radical (unpaired) electrons. The van der Waals surface area contributed by atoms with Crippen LogP contribution in [0.5, 0.6) is 0 Å². The summed E-state index contributed by atoms with van der Waals surface area (Å²) in [5, 5.41) is 3.20. The summed E-state index contributed by atoms with van der Waals surface area (Å²) >= 11 is 0. The second-order valence-electron chi connectivity index (χ2n) is 9.68. The van der Waals surface area contributed by atoms with E-state index in [-0.39, 0.29) is 17.9 Å². The van der Waals surface area contributed by atoms with Crippen LogP contribution in [-0.2, 0) is 19.8 Å². The molecule has 0 bridgehead atoms. The van der Waals surface area contributed by atoms with Crippen LogP contribution in [0.25, 0.3) is 0 Å². The molecular formula is C23H30N2O5. The average Bonchev–Trinajstić information content (AvgIpc) is 3.60. The predicted molar refractivity (Wildman–Crippen MR) is 110 cm³/mol. The number of hydrogen-bond donors (Lipinski definition) is 1. The highest BCUT2D eigenvalue weighted by Crippen LogP contribution is 2.48. The molecular weight excluding hydrogens is 384 g/mol. The molecule has 0 spiro atoms. The summed E-state index contributed by atoms with van der Waals surface area (Å²) in [5.41, 5.74) is 0.420. The molecule has 3 atom stereocenters. The number of benzene rings is 1. The SMILES string of the molecule is COC(=O)c1ccc(C2(NC(=O)C3CCC4CC4N3C(=O)OC(C)(C)C)CC2)cc1. The highest BCUT2D eigenvalue weighted by Gasteiger charge is 2.55. The van der Waals surface area contributed by atoms with Crippen LogP contribution < -0.4 is 5.32 Å². The van der Waals surface area contributed by atoms with E-state index in [0.717, 1.165) is 31.2 Å². The Hall–Kier alpha value is -2.57. The van der Waals surface area contributed by atoms with Gasteiger partial charge in [-0.05, 0) is 76.5 Å². The van der Waals surface area contributed by atoms with Gasteiger partial charge in [-0.1, -0.05) is 12.1 Å². The Morgan fingerprint density at radius 1 is 1.10 bits per heavy atom. The van der Waals surface area contributed by atoms with Gasteiger partial charge in [0.05, 0.1) is 18.2 Å². The maximum Gasteiger partial charge on any atom is 0.411 e. The number of piperidine rings is 1. The first-order valence-electron chi connectivity index (χ1n) is 10.7. The number of amides is 2. The third-order valence-corrected chi connectivity index (χ3v) is 6.27. The number of methoxy groups -OCH3 is 1.